The summed E-state index contributed by atoms with van der Waals surface area (Å²) in [7, 11) is 0. The van der Waals surface area contributed by atoms with Crippen molar-refractivity contribution >= 4 is 0 Å². The first-order chi connectivity index (χ1) is 14.2. The van der Waals surface area contributed by atoms with Gasteiger partial charge in [0.05, 0.1) is 6.10 Å². The van der Waals surface area contributed by atoms with Crippen LogP contribution in [0.15, 0.2) is 47.6 Å². The van der Waals surface area contributed by atoms with Gasteiger partial charge in [0.25, 0.3) is 0 Å². The third kappa shape index (κ3) is 3.50. The minimum Gasteiger partial charge on any atom is -0.393 e. The van der Waals surface area contributed by atoms with Crippen molar-refractivity contribution in [1.29, 1.82) is 0 Å². The van der Waals surface area contributed by atoms with E-state index in [4.69, 9.17) is 0 Å². The second-order valence-corrected chi connectivity index (χ2v) is 11.6. The third-order valence-electron chi connectivity index (χ3n) is 9.97. The highest BCUT2D eigenvalue weighted by atomic mass is 16.3. The molecule has 30 heavy (non-hydrogen) atoms. The molecule has 0 saturated heterocycles. The Balaban J connectivity index is 1.56. The Labute approximate surface area is 185 Å². The Morgan fingerprint density at radius 1 is 1.13 bits per heavy atom. The molecule has 0 heterocycles. The lowest BCUT2D eigenvalue weighted by Crippen LogP contribution is -2.46. The second kappa shape index (κ2) is 8.12. The summed E-state index contributed by atoms with van der Waals surface area (Å²) < 4.78 is 0. The summed E-state index contributed by atoms with van der Waals surface area (Å²) in [6, 6.07) is 0. The molecule has 1 nitrogen and oxygen atoms in total. The summed E-state index contributed by atoms with van der Waals surface area (Å²) in [4.78, 5) is 0. The van der Waals surface area contributed by atoms with Crippen molar-refractivity contribution in [3.05, 3.63) is 47.6 Å². The third-order valence-corrected chi connectivity index (χ3v) is 9.97. The van der Waals surface area contributed by atoms with Gasteiger partial charge in [-0.15, -0.1) is 0 Å². The maximum absolute atomic E-state index is 10.2. The standard InChI is InChI=1S/C29H44O/c1-7-21(19(2)3)9-8-20(4)25-12-13-26-24-11-10-22-18-23(30)14-16-28(22,5)27(24)15-17-29(25,26)6/h8-11,20-21,23,25-27,30H,2,7,12-18H2,1,3-6H3/b9-8+/t20-,21-,23+,25-,26+,27+,28+,29-/m1/s1. The molecule has 0 aromatic carbocycles. The number of hydrogen-bond acceptors (Lipinski definition) is 1. The van der Waals surface area contributed by atoms with Crippen molar-refractivity contribution in [3.63, 3.8) is 0 Å². The molecule has 0 aliphatic heterocycles. The van der Waals surface area contributed by atoms with Crippen LogP contribution >= 0.6 is 0 Å². The van der Waals surface area contributed by atoms with Crippen LogP contribution in [0.4, 0.5) is 0 Å². The Kier molecular flexibility index (Phi) is 5.99. The maximum Gasteiger partial charge on any atom is 0.0578 e. The molecule has 4 rings (SSSR count). The topological polar surface area (TPSA) is 20.2 Å². The van der Waals surface area contributed by atoms with Crippen LogP contribution in [-0.2, 0) is 0 Å². The average Bonchev–Trinajstić information content (AvgIpc) is 3.06. The molecule has 0 spiro atoms. The largest absolute Gasteiger partial charge is 0.393 e. The summed E-state index contributed by atoms with van der Waals surface area (Å²) in [5, 5.41) is 10.2. The Morgan fingerprint density at radius 2 is 1.90 bits per heavy atom. The van der Waals surface area contributed by atoms with Gasteiger partial charge in [-0.3, -0.25) is 0 Å². The smallest absolute Gasteiger partial charge is 0.0578 e. The van der Waals surface area contributed by atoms with Gasteiger partial charge in [-0.05, 0) is 98.7 Å². The van der Waals surface area contributed by atoms with E-state index in [1.807, 2.05) is 0 Å². The van der Waals surface area contributed by atoms with Crippen molar-refractivity contribution in [2.24, 2.45) is 40.4 Å². The monoisotopic (exact) mass is 408 g/mol. The SMILES string of the molecule is C=C(C)[C@@H](/C=C/[C@@H](C)[C@H]1CC[C@H]2C3=CC=C4C[C@@H](O)CC[C@]4(C)[C@H]3CC[C@]12C)CC. The van der Waals surface area contributed by atoms with Crippen molar-refractivity contribution in [2.75, 3.05) is 0 Å². The van der Waals surface area contributed by atoms with Gasteiger partial charge in [-0.25, -0.2) is 0 Å². The van der Waals surface area contributed by atoms with Crippen LogP contribution in [0.3, 0.4) is 0 Å². The van der Waals surface area contributed by atoms with Gasteiger partial charge in [0.2, 0.25) is 0 Å². The zero-order valence-electron chi connectivity index (χ0n) is 20.1. The van der Waals surface area contributed by atoms with E-state index in [9.17, 15) is 5.11 Å². The lowest BCUT2D eigenvalue weighted by Gasteiger charge is -2.55. The molecule has 8 atom stereocenters. The molecule has 0 unspecified atom stereocenters. The molecule has 4 aliphatic rings. The molecular weight excluding hydrogens is 364 g/mol. The van der Waals surface area contributed by atoms with Gasteiger partial charge in [0.15, 0.2) is 0 Å². The number of rotatable bonds is 5. The Morgan fingerprint density at radius 3 is 2.60 bits per heavy atom. The van der Waals surface area contributed by atoms with E-state index in [1.165, 1.54) is 36.8 Å². The molecule has 1 N–H and O–H groups in total. The van der Waals surface area contributed by atoms with Crippen molar-refractivity contribution in [2.45, 2.75) is 92.1 Å². The molecule has 0 bridgehead atoms. The van der Waals surface area contributed by atoms with E-state index in [1.54, 1.807) is 5.57 Å². The van der Waals surface area contributed by atoms with Crippen LogP contribution in [0, 0.1) is 40.4 Å². The van der Waals surface area contributed by atoms with Gasteiger partial charge in [-0.2, -0.15) is 0 Å². The molecule has 0 aromatic heterocycles. The van der Waals surface area contributed by atoms with Crippen molar-refractivity contribution in [3.8, 4) is 0 Å². The van der Waals surface area contributed by atoms with E-state index in [-0.39, 0.29) is 6.10 Å². The van der Waals surface area contributed by atoms with Crippen LogP contribution in [0.5, 0.6) is 0 Å². The van der Waals surface area contributed by atoms with Crippen LogP contribution in [0.1, 0.15) is 86.0 Å². The minimum atomic E-state index is -0.122. The van der Waals surface area contributed by atoms with Crippen LogP contribution in [0.2, 0.25) is 0 Å². The number of allylic oxidation sites excluding steroid dienone is 6. The zero-order valence-corrected chi connectivity index (χ0v) is 20.1. The Hall–Kier alpha value is -1.08. The fourth-order valence-corrected chi connectivity index (χ4v) is 7.98. The van der Waals surface area contributed by atoms with Crippen molar-refractivity contribution < 1.29 is 5.11 Å². The van der Waals surface area contributed by atoms with Crippen LogP contribution in [-0.4, -0.2) is 11.2 Å². The number of aliphatic hydroxyl groups is 1. The van der Waals surface area contributed by atoms with Crippen LogP contribution < -0.4 is 0 Å². The summed E-state index contributed by atoms with van der Waals surface area (Å²) in [6.45, 7) is 16.2. The van der Waals surface area contributed by atoms with E-state index >= 15 is 0 Å². The molecule has 1 heteroatoms. The summed E-state index contributed by atoms with van der Waals surface area (Å²) >= 11 is 0. The fraction of sp³-hybridized carbons (Fsp3) is 0.724. The predicted octanol–water partition coefficient (Wildman–Crippen LogP) is 7.64. The molecule has 0 amide bonds. The predicted molar refractivity (Wildman–Crippen MR) is 128 cm³/mol. The van der Waals surface area contributed by atoms with Crippen molar-refractivity contribution in [1.82, 2.24) is 0 Å². The van der Waals surface area contributed by atoms with E-state index < -0.39 is 0 Å². The first-order valence-electron chi connectivity index (χ1n) is 12.6. The number of aliphatic hydroxyl groups excluding tert-OH is 1. The fourth-order valence-electron chi connectivity index (χ4n) is 7.98. The lowest BCUT2D eigenvalue weighted by molar-refractivity contribution is 0.0383. The summed E-state index contributed by atoms with van der Waals surface area (Å²) in [5.74, 6) is 3.41. The molecule has 3 saturated carbocycles. The zero-order chi connectivity index (χ0) is 21.7. The average molecular weight is 409 g/mol. The van der Waals surface area contributed by atoms with Gasteiger partial charge in [-0.1, -0.05) is 75.3 Å². The summed E-state index contributed by atoms with van der Waals surface area (Å²) in [6.07, 6.45) is 19.4. The number of hydrogen-bond donors (Lipinski definition) is 1. The molecule has 166 valence electrons. The number of fused-ring (bicyclic) bond motifs is 5. The first-order valence-corrected chi connectivity index (χ1v) is 12.6. The minimum absolute atomic E-state index is 0.122. The lowest BCUT2D eigenvalue weighted by atomic mass is 9.50. The quantitative estimate of drug-likeness (QED) is 0.463. The van der Waals surface area contributed by atoms with E-state index in [0.717, 1.165) is 37.5 Å². The molecule has 0 radical (unpaired) electrons. The highest BCUT2D eigenvalue weighted by Crippen LogP contribution is 2.65. The van der Waals surface area contributed by atoms with Gasteiger partial charge < -0.3 is 5.11 Å². The highest BCUT2D eigenvalue weighted by molar-refractivity contribution is 5.39. The maximum atomic E-state index is 10.2. The first kappa shape index (κ1) is 22.1. The van der Waals surface area contributed by atoms with Crippen LogP contribution in [0.25, 0.3) is 0 Å². The second-order valence-electron chi connectivity index (χ2n) is 11.6. The van der Waals surface area contributed by atoms with E-state index in [0.29, 0.717) is 28.6 Å². The Bertz CT molecular complexity index is 769. The molecule has 4 aliphatic carbocycles. The van der Waals surface area contributed by atoms with Gasteiger partial charge >= 0.3 is 0 Å². The molecule has 0 aromatic rings. The van der Waals surface area contributed by atoms with Gasteiger partial charge in [0, 0.05) is 0 Å². The van der Waals surface area contributed by atoms with Gasteiger partial charge in [0.1, 0.15) is 0 Å². The highest BCUT2D eigenvalue weighted by Gasteiger charge is 2.56. The summed E-state index contributed by atoms with van der Waals surface area (Å²) in [5.41, 5.74) is 5.31. The normalized spacial score (nSPS) is 42.6. The van der Waals surface area contributed by atoms with E-state index in [2.05, 4.69) is 65.5 Å². The molecular formula is C29H44O. The molecule has 3 fully saturated rings.